The molecule has 20 heavy (non-hydrogen) atoms. The van der Waals surface area contributed by atoms with E-state index in [2.05, 4.69) is 10.4 Å². The summed E-state index contributed by atoms with van der Waals surface area (Å²) in [4.78, 5) is 12.1. The van der Waals surface area contributed by atoms with Crippen LogP contribution in [0.5, 0.6) is 0 Å². The van der Waals surface area contributed by atoms with Gasteiger partial charge >= 0.3 is 0 Å². The average Bonchev–Trinajstić information content (AvgIpc) is 2.39. The molecule has 1 aromatic rings. The molecule has 5 nitrogen and oxygen atoms in total. The van der Waals surface area contributed by atoms with Gasteiger partial charge in [-0.25, -0.2) is 4.68 Å². The summed E-state index contributed by atoms with van der Waals surface area (Å²) in [5.41, 5.74) is 0.221. The minimum Gasteiger partial charge on any atom is -0.395 e. The first-order valence-electron chi connectivity index (χ1n) is 6.56. The molecule has 1 rings (SSSR count). The van der Waals surface area contributed by atoms with Crippen LogP contribution >= 0.6 is 23.4 Å². The van der Waals surface area contributed by atoms with Crippen LogP contribution in [0.3, 0.4) is 0 Å². The van der Waals surface area contributed by atoms with Gasteiger partial charge in [0, 0.05) is 17.8 Å². The molecule has 0 radical (unpaired) electrons. The summed E-state index contributed by atoms with van der Waals surface area (Å²) < 4.78 is 1.38. The van der Waals surface area contributed by atoms with Crippen LogP contribution in [0.1, 0.15) is 20.8 Å². The van der Waals surface area contributed by atoms with E-state index >= 15 is 0 Å². The third kappa shape index (κ3) is 4.40. The van der Waals surface area contributed by atoms with Crippen LogP contribution in [0.4, 0.5) is 5.69 Å². The van der Waals surface area contributed by atoms with E-state index in [0.29, 0.717) is 18.2 Å². The maximum absolute atomic E-state index is 12.1. The van der Waals surface area contributed by atoms with Gasteiger partial charge in [-0.15, -0.1) is 0 Å². The predicted octanol–water partition coefficient (Wildman–Crippen LogP) is 2.08. The molecule has 7 heteroatoms. The Kier molecular flexibility index (Phi) is 6.85. The first-order chi connectivity index (χ1) is 9.40. The number of aliphatic hydroxyl groups excluding tert-OH is 1. The number of aliphatic hydroxyl groups is 1. The fourth-order valence-electron chi connectivity index (χ4n) is 1.82. The molecule has 0 fully saturated rings. The van der Waals surface area contributed by atoms with Crippen LogP contribution in [0.2, 0.25) is 5.02 Å². The summed E-state index contributed by atoms with van der Waals surface area (Å²) in [5, 5.41) is 16.7. The van der Waals surface area contributed by atoms with Crippen molar-refractivity contribution in [1.82, 2.24) is 9.78 Å². The van der Waals surface area contributed by atoms with Crippen molar-refractivity contribution in [1.29, 1.82) is 0 Å². The molecule has 0 aromatic carbocycles. The smallest absolute Gasteiger partial charge is 0.287 e. The van der Waals surface area contributed by atoms with Gasteiger partial charge in [0.25, 0.3) is 5.56 Å². The molecule has 2 unspecified atom stereocenters. The SMILES string of the molecule is CSC(CO)C(C)Nc1cnn(CC(C)C)c(=O)c1Cl. The zero-order chi connectivity index (χ0) is 15.3. The van der Waals surface area contributed by atoms with Crippen molar-refractivity contribution in [2.75, 3.05) is 18.2 Å². The van der Waals surface area contributed by atoms with Crippen molar-refractivity contribution in [3.8, 4) is 0 Å². The highest BCUT2D eigenvalue weighted by Crippen LogP contribution is 2.20. The van der Waals surface area contributed by atoms with E-state index in [0.717, 1.165) is 0 Å². The maximum atomic E-state index is 12.1. The summed E-state index contributed by atoms with van der Waals surface area (Å²) in [6, 6.07) is -0.0188. The van der Waals surface area contributed by atoms with Crippen molar-refractivity contribution in [3.63, 3.8) is 0 Å². The first kappa shape index (κ1) is 17.3. The zero-order valence-electron chi connectivity index (χ0n) is 12.3. The Labute approximate surface area is 128 Å². The summed E-state index contributed by atoms with van der Waals surface area (Å²) in [6.07, 6.45) is 3.50. The van der Waals surface area contributed by atoms with Crippen LogP contribution in [-0.4, -0.2) is 39.0 Å². The molecule has 114 valence electrons. The molecule has 0 aliphatic carbocycles. The molecular weight excluding hydrogens is 298 g/mol. The third-order valence-electron chi connectivity index (χ3n) is 2.95. The standard InChI is InChI=1S/C13H22ClN3O2S/c1-8(2)6-17-13(19)12(14)10(5-15-17)16-9(3)11(7-18)20-4/h5,8-9,11,16,18H,6-7H2,1-4H3. The van der Waals surface area contributed by atoms with E-state index in [-0.39, 0.29) is 28.5 Å². The first-order valence-corrected chi connectivity index (χ1v) is 8.23. The zero-order valence-corrected chi connectivity index (χ0v) is 13.8. The summed E-state index contributed by atoms with van der Waals surface area (Å²) in [7, 11) is 0. The highest BCUT2D eigenvalue weighted by Gasteiger charge is 2.18. The van der Waals surface area contributed by atoms with Crippen LogP contribution in [0, 0.1) is 5.92 Å². The molecule has 0 bridgehead atoms. The summed E-state index contributed by atoms with van der Waals surface area (Å²) in [6.45, 7) is 6.57. The van der Waals surface area contributed by atoms with Gasteiger partial charge in [-0.3, -0.25) is 4.79 Å². The Morgan fingerprint density at radius 1 is 1.50 bits per heavy atom. The normalized spacial score (nSPS) is 14.3. The van der Waals surface area contributed by atoms with E-state index in [1.807, 2.05) is 27.0 Å². The van der Waals surface area contributed by atoms with Crippen LogP contribution < -0.4 is 10.9 Å². The van der Waals surface area contributed by atoms with Gasteiger partial charge in [0.2, 0.25) is 0 Å². The van der Waals surface area contributed by atoms with Crippen molar-refractivity contribution in [3.05, 3.63) is 21.6 Å². The number of nitrogens with zero attached hydrogens (tertiary/aromatic N) is 2. The van der Waals surface area contributed by atoms with Gasteiger partial charge in [-0.05, 0) is 19.1 Å². The molecule has 0 aliphatic heterocycles. The number of hydrogen-bond acceptors (Lipinski definition) is 5. The third-order valence-corrected chi connectivity index (χ3v) is 4.47. The highest BCUT2D eigenvalue weighted by molar-refractivity contribution is 7.99. The minimum absolute atomic E-state index is 0.0188. The Hall–Kier alpha value is -0.720. The van der Waals surface area contributed by atoms with Gasteiger partial charge in [-0.2, -0.15) is 16.9 Å². The molecule has 0 amide bonds. The lowest BCUT2D eigenvalue weighted by atomic mass is 10.2. The van der Waals surface area contributed by atoms with Crippen LogP contribution in [0.25, 0.3) is 0 Å². The molecule has 0 saturated carbocycles. The molecule has 1 aromatic heterocycles. The molecule has 2 atom stereocenters. The largest absolute Gasteiger partial charge is 0.395 e. The Balaban J connectivity index is 2.93. The van der Waals surface area contributed by atoms with E-state index in [4.69, 9.17) is 11.6 Å². The van der Waals surface area contributed by atoms with Gasteiger partial charge < -0.3 is 10.4 Å². The fraction of sp³-hybridized carbons (Fsp3) is 0.692. The van der Waals surface area contributed by atoms with Gasteiger partial charge in [-0.1, -0.05) is 25.4 Å². The lowest BCUT2D eigenvalue weighted by Crippen LogP contribution is -2.33. The minimum atomic E-state index is -0.290. The topological polar surface area (TPSA) is 67.2 Å². The van der Waals surface area contributed by atoms with Crippen molar-refractivity contribution >= 4 is 29.1 Å². The second-order valence-electron chi connectivity index (χ2n) is 5.14. The van der Waals surface area contributed by atoms with Gasteiger partial charge in [0.05, 0.1) is 18.5 Å². The average molecular weight is 320 g/mol. The Morgan fingerprint density at radius 2 is 2.15 bits per heavy atom. The van der Waals surface area contributed by atoms with Crippen molar-refractivity contribution in [2.45, 2.75) is 38.6 Å². The predicted molar refractivity (Wildman–Crippen MR) is 85.8 cm³/mol. The van der Waals surface area contributed by atoms with Crippen LogP contribution in [-0.2, 0) is 6.54 Å². The highest BCUT2D eigenvalue weighted by atomic mass is 35.5. The number of nitrogens with one attached hydrogen (secondary N) is 1. The Morgan fingerprint density at radius 3 is 2.65 bits per heavy atom. The second-order valence-corrected chi connectivity index (χ2v) is 6.60. The monoisotopic (exact) mass is 319 g/mol. The number of aromatic nitrogens is 2. The number of halogens is 1. The van der Waals surface area contributed by atoms with Crippen molar-refractivity contribution < 1.29 is 5.11 Å². The number of rotatable bonds is 7. The molecule has 0 saturated heterocycles. The number of anilines is 1. The summed E-state index contributed by atoms with van der Waals surface area (Å²) >= 11 is 7.67. The van der Waals surface area contributed by atoms with Gasteiger partial charge in [0.1, 0.15) is 5.02 Å². The van der Waals surface area contributed by atoms with Crippen LogP contribution in [0.15, 0.2) is 11.0 Å². The number of thioether (sulfide) groups is 1. The molecule has 2 N–H and O–H groups in total. The fourth-order valence-corrected chi connectivity index (χ4v) is 2.64. The Bertz CT molecular complexity index is 489. The van der Waals surface area contributed by atoms with Crippen molar-refractivity contribution in [2.24, 2.45) is 5.92 Å². The lowest BCUT2D eigenvalue weighted by molar-refractivity contribution is 0.288. The van der Waals surface area contributed by atoms with E-state index in [1.165, 1.54) is 4.68 Å². The molecule has 1 heterocycles. The van der Waals surface area contributed by atoms with E-state index in [1.54, 1.807) is 18.0 Å². The number of hydrogen-bond donors (Lipinski definition) is 2. The van der Waals surface area contributed by atoms with Gasteiger partial charge in [0.15, 0.2) is 0 Å². The molecule has 0 spiro atoms. The van der Waals surface area contributed by atoms with E-state index in [9.17, 15) is 9.90 Å². The molecule has 0 aliphatic rings. The second kappa shape index (κ2) is 7.90. The lowest BCUT2D eigenvalue weighted by Gasteiger charge is -2.22. The summed E-state index contributed by atoms with van der Waals surface area (Å²) in [5.74, 6) is 0.323. The quantitative estimate of drug-likeness (QED) is 0.805. The molecular formula is C13H22ClN3O2S. The van der Waals surface area contributed by atoms with E-state index < -0.39 is 0 Å². The maximum Gasteiger partial charge on any atom is 0.287 e.